The SMILES string of the molecule is O=C(C[P+](c1ccccc1)(c1ccccc1)c1ccccc1)O[C@H]1CC(=O)N(CCc2ccccc2)C1=O. The maximum atomic E-state index is 13.6. The number of likely N-dealkylation sites (tertiary alicyclic amines) is 1. The number of carbonyl (C=O) groups excluding carboxylic acids is 3. The Hall–Kier alpha value is -4.08. The standard InChI is InChI=1S/C32H29NO4P/c34-30-23-29(32(36)33(30)22-21-25-13-5-1-6-14-25)37-31(35)24-38(26-15-7-2-8-16-26,27-17-9-3-10-18-27)28-19-11-4-12-20-28/h1-20,29H,21-24H2/q+1/t29-/m0/s1. The van der Waals surface area contributed by atoms with Crippen molar-refractivity contribution >= 4 is 41.0 Å². The average molecular weight is 523 g/mol. The van der Waals surface area contributed by atoms with E-state index in [0.29, 0.717) is 6.42 Å². The van der Waals surface area contributed by atoms with Gasteiger partial charge in [0.05, 0.1) is 6.42 Å². The number of carbonyl (C=O) groups is 3. The first kappa shape index (κ1) is 25.6. The van der Waals surface area contributed by atoms with Crippen molar-refractivity contribution in [1.82, 2.24) is 4.90 Å². The van der Waals surface area contributed by atoms with Gasteiger partial charge in [0.2, 0.25) is 5.91 Å². The Bertz CT molecular complexity index is 1300. The van der Waals surface area contributed by atoms with E-state index in [0.717, 1.165) is 21.5 Å². The summed E-state index contributed by atoms with van der Waals surface area (Å²) >= 11 is 0. The third-order valence-corrected chi connectivity index (χ3v) is 11.2. The van der Waals surface area contributed by atoms with Gasteiger partial charge in [-0.2, -0.15) is 0 Å². The lowest BCUT2D eigenvalue weighted by Crippen LogP contribution is -2.38. The van der Waals surface area contributed by atoms with Gasteiger partial charge in [-0.3, -0.25) is 14.5 Å². The molecule has 190 valence electrons. The van der Waals surface area contributed by atoms with E-state index in [1.807, 2.05) is 84.9 Å². The summed E-state index contributed by atoms with van der Waals surface area (Å²) in [7, 11) is -2.45. The summed E-state index contributed by atoms with van der Waals surface area (Å²) in [6.45, 7) is 0.269. The highest BCUT2D eigenvalue weighted by molar-refractivity contribution is 7.96. The first-order valence-corrected chi connectivity index (χ1v) is 14.7. The second-order valence-electron chi connectivity index (χ2n) is 9.28. The Labute approximate surface area is 223 Å². The first-order valence-electron chi connectivity index (χ1n) is 12.7. The normalized spacial score (nSPS) is 15.5. The van der Waals surface area contributed by atoms with E-state index < -0.39 is 25.2 Å². The van der Waals surface area contributed by atoms with Crippen molar-refractivity contribution in [3.05, 3.63) is 127 Å². The fourth-order valence-corrected chi connectivity index (χ4v) is 8.97. The highest BCUT2D eigenvalue weighted by Gasteiger charge is 2.49. The topological polar surface area (TPSA) is 63.7 Å². The summed E-state index contributed by atoms with van der Waals surface area (Å²) in [6.07, 6.45) is -0.557. The summed E-state index contributed by atoms with van der Waals surface area (Å²) < 4.78 is 5.77. The van der Waals surface area contributed by atoms with Crippen LogP contribution in [-0.4, -0.2) is 41.5 Å². The van der Waals surface area contributed by atoms with E-state index >= 15 is 0 Å². The van der Waals surface area contributed by atoms with E-state index in [-0.39, 0.29) is 25.0 Å². The van der Waals surface area contributed by atoms with Crippen LogP contribution in [0.5, 0.6) is 0 Å². The van der Waals surface area contributed by atoms with Crippen molar-refractivity contribution in [3.63, 3.8) is 0 Å². The van der Waals surface area contributed by atoms with Crippen LogP contribution in [0.25, 0.3) is 0 Å². The van der Waals surface area contributed by atoms with Crippen LogP contribution in [0.15, 0.2) is 121 Å². The van der Waals surface area contributed by atoms with Gasteiger partial charge >= 0.3 is 5.97 Å². The zero-order chi connectivity index (χ0) is 26.4. The molecule has 0 radical (unpaired) electrons. The number of imide groups is 1. The van der Waals surface area contributed by atoms with E-state index in [9.17, 15) is 14.4 Å². The number of ether oxygens (including phenoxy) is 1. The van der Waals surface area contributed by atoms with Gasteiger partial charge in [-0.1, -0.05) is 84.9 Å². The van der Waals surface area contributed by atoms with Crippen molar-refractivity contribution in [2.24, 2.45) is 0 Å². The summed E-state index contributed by atoms with van der Waals surface area (Å²) in [5, 5.41) is 3.15. The Morgan fingerprint density at radius 3 is 1.63 bits per heavy atom. The average Bonchev–Trinajstić information content (AvgIpc) is 3.23. The minimum absolute atomic E-state index is 0.0903. The van der Waals surface area contributed by atoms with E-state index in [1.165, 1.54) is 4.90 Å². The smallest absolute Gasteiger partial charge is 0.345 e. The number of nitrogens with zero attached hydrogens (tertiary/aromatic N) is 1. The lowest BCUT2D eigenvalue weighted by Gasteiger charge is -2.27. The summed E-state index contributed by atoms with van der Waals surface area (Å²) in [4.78, 5) is 40.6. The molecule has 2 amide bonds. The van der Waals surface area contributed by atoms with Crippen LogP contribution in [0, 0.1) is 0 Å². The van der Waals surface area contributed by atoms with Gasteiger partial charge in [-0.25, -0.2) is 4.79 Å². The quantitative estimate of drug-likeness (QED) is 0.190. The molecule has 0 unspecified atom stereocenters. The molecule has 4 aromatic carbocycles. The molecular weight excluding hydrogens is 493 g/mol. The Morgan fingerprint density at radius 1 is 0.711 bits per heavy atom. The molecule has 4 aromatic rings. The third kappa shape index (κ3) is 5.29. The van der Waals surface area contributed by atoms with Crippen molar-refractivity contribution in [3.8, 4) is 0 Å². The van der Waals surface area contributed by atoms with Crippen LogP contribution < -0.4 is 15.9 Å². The molecule has 1 fully saturated rings. The van der Waals surface area contributed by atoms with Crippen molar-refractivity contribution in [1.29, 1.82) is 0 Å². The number of hydrogen-bond acceptors (Lipinski definition) is 4. The molecule has 1 aliphatic rings. The molecule has 0 spiro atoms. The van der Waals surface area contributed by atoms with Crippen LogP contribution >= 0.6 is 7.26 Å². The second-order valence-corrected chi connectivity index (χ2v) is 12.8. The van der Waals surface area contributed by atoms with Gasteiger partial charge in [0.1, 0.15) is 23.2 Å². The molecule has 1 aliphatic heterocycles. The molecule has 38 heavy (non-hydrogen) atoms. The number of rotatable bonds is 9. The van der Waals surface area contributed by atoms with Crippen LogP contribution in [0.1, 0.15) is 12.0 Å². The molecule has 5 nitrogen and oxygen atoms in total. The molecule has 0 aromatic heterocycles. The van der Waals surface area contributed by atoms with Gasteiger partial charge in [-0.15, -0.1) is 0 Å². The van der Waals surface area contributed by atoms with Gasteiger partial charge in [-0.05, 0) is 48.4 Å². The minimum atomic E-state index is -2.45. The maximum absolute atomic E-state index is 13.6. The number of amides is 2. The molecular formula is C32H29NO4P+. The summed E-state index contributed by atoms with van der Waals surface area (Å²) in [6, 6.07) is 39.7. The molecule has 0 bridgehead atoms. The minimum Gasteiger partial charge on any atom is -0.449 e. The predicted molar refractivity (Wildman–Crippen MR) is 151 cm³/mol. The molecule has 1 saturated heterocycles. The molecule has 5 rings (SSSR count). The van der Waals surface area contributed by atoms with Crippen molar-refractivity contribution < 1.29 is 19.1 Å². The van der Waals surface area contributed by atoms with Crippen molar-refractivity contribution in [2.75, 3.05) is 12.7 Å². The number of benzene rings is 4. The van der Waals surface area contributed by atoms with Crippen LogP contribution in [0.3, 0.4) is 0 Å². The highest BCUT2D eigenvalue weighted by Crippen LogP contribution is 2.55. The molecule has 1 heterocycles. The lowest BCUT2D eigenvalue weighted by atomic mass is 10.1. The van der Waals surface area contributed by atoms with Gasteiger partial charge in [0, 0.05) is 6.54 Å². The van der Waals surface area contributed by atoms with E-state index in [1.54, 1.807) is 0 Å². The van der Waals surface area contributed by atoms with Crippen LogP contribution in [0.4, 0.5) is 0 Å². The predicted octanol–water partition coefficient (Wildman–Crippen LogP) is 3.89. The molecule has 0 saturated carbocycles. The fourth-order valence-electron chi connectivity index (χ4n) is 5.02. The molecule has 6 heteroatoms. The van der Waals surface area contributed by atoms with Crippen molar-refractivity contribution in [2.45, 2.75) is 18.9 Å². The Kier molecular flexibility index (Phi) is 7.76. The zero-order valence-electron chi connectivity index (χ0n) is 21.0. The molecule has 1 atom stereocenters. The number of hydrogen-bond donors (Lipinski definition) is 0. The fraction of sp³-hybridized carbons (Fsp3) is 0.156. The van der Waals surface area contributed by atoms with Gasteiger partial charge in [0.15, 0.2) is 12.3 Å². The summed E-state index contributed by atoms with van der Waals surface area (Å²) in [5.41, 5.74) is 1.04. The Balaban J connectivity index is 1.40. The van der Waals surface area contributed by atoms with Gasteiger partial charge in [0.25, 0.3) is 5.91 Å². The third-order valence-electron chi connectivity index (χ3n) is 6.90. The van der Waals surface area contributed by atoms with E-state index in [4.69, 9.17) is 4.74 Å². The summed E-state index contributed by atoms with van der Waals surface area (Å²) in [5.74, 6) is -1.23. The molecule has 0 aliphatic carbocycles. The Morgan fingerprint density at radius 2 is 1.16 bits per heavy atom. The zero-order valence-corrected chi connectivity index (χ0v) is 21.9. The molecule has 0 N–H and O–H groups in total. The second kappa shape index (κ2) is 11.5. The monoisotopic (exact) mass is 522 g/mol. The van der Waals surface area contributed by atoms with E-state index in [2.05, 4.69) is 36.4 Å². The lowest BCUT2D eigenvalue weighted by molar-refractivity contribution is -0.154. The van der Waals surface area contributed by atoms with Crippen LogP contribution in [-0.2, 0) is 25.5 Å². The number of esters is 1. The maximum Gasteiger partial charge on any atom is 0.345 e. The first-order chi connectivity index (χ1) is 18.6. The largest absolute Gasteiger partial charge is 0.449 e. The van der Waals surface area contributed by atoms with Crippen LogP contribution in [0.2, 0.25) is 0 Å². The highest BCUT2D eigenvalue weighted by atomic mass is 31.2. The van der Waals surface area contributed by atoms with Gasteiger partial charge < -0.3 is 4.74 Å².